The Kier molecular flexibility index (Phi) is 6.20. The molecule has 24 heavy (non-hydrogen) atoms. The first-order valence-corrected chi connectivity index (χ1v) is 9.44. The van der Waals surface area contributed by atoms with E-state index in [1.165, 1.54) is 18.4 Å². The second-order valence-corrected chi connectivity index (χ2v) is 8.43. The molecule has 2 N–H and O–H groups in total. The Morgan fingerprint density at radius 1 is 1.38 bits per heavy atom. The van der Waals surface area contributed by atoms with E-state index in [0.717, 1.165) is 5.56 Å². The van der Waals surface area contributed by atoms with Crippen LogP contribution in [0.15, 0.2) is 24.3 Å². The molecule has 1 amide bonds. The first-order valence-electron chi connectivity index (χ1n) is 7.83. The van der Waals surface area contributed by atoms with Gasteiger partial charge in [0.05, 0.1) is 25.0 Å². The number of rotatable bonds is 7. The third-order valence-corrected chi connectivity index (χ3v) is 6.04. The summed E-state index contributed by atoms with van der Waals surface area (Å²) in [4.78, 5) is 12.1. The molecule has 2 atom stereocenters. The zero-order chi connectivity index (χ0) is 17.7. The smallest absolute Gasteiger partial charge is 0.220 e. The molecular weight excluding hydrogens is 332 g/mol. The van der Waals surface area contributed by atoms with Crippen molar-refractivity contribution in [2.24, 2.45) is 5.92 Å². The Labute approximate surface area is 142 Å². The van der Waals surface area contributed by atoms with E-state index in [-0.39, 0.29) is 35.8 Å². The van der Waals surface area contributed by atoms with Crippen LogP contribution in [0.1, 0.15) is 12.0 Å². The summed E-state index contributed by atoms with van der Waals surface area (Å²) in [6, 6.07) is 6.48. The maximum absolute atomic E-state index is 12.1. The van der Waals surface area contributed by atoms with Gasteiger partial charge in [-0.15, -0.1) is 0 Å². The molecule has 134 valence electrons. The first-order chi connectivity index (χ1) is 11.3. The van der Waals surface area contributed by atoms with Gasteiger partial charge in [-0.2, -0.15) is 0 Å². The number of phenolic OH excluding ortho intramolecular Hbond substituents is 1. The lowest BCUT2D eigenvalue weighted by atomic mass is 10.1. The van der Waals surface area contributed by atoms with Crippen LogP contribution in [-0.4, -0.2) is 62.8 Å². The molecule has 1 aliphatic heterocycles. The van der Waals surface area contributed by atoms with Gasteiger partial charge >= 0.3 is 0 Å². The maximum atomic E-state index is 12.1. The SMILES string of the molecule is CN(C)S(=O)(=O)C[C@@H]1COC[C@@H]1NC(=O)CCc1cccc(O)c1. The first kappa shape index (κ1) is 18.7. The van der Waals surface area contributed by atoms with Crippen LogP contribution in [0.5, 0.6) is 5.75 Å². The largest absolute Gasteiger partial charge is 0.508 e. The molecule has 0 aliphatic carbocycles. The van der Waals surface area contributed by atoms with Crippen LogP contribution in [0.2, 0.25) is 0 Å². The van der Waals surface area contributed by atoms with Crippen LogP contribution in [0, 0.1) is 5.92 Å². The zero-order valence-electron chi connectivity index (χ0n) is 13.9. The van der Waals surface area contributed by atoms with Crippen molar-refractivity contribution in [3.63, 3.8) is 0 Å². The van der Waals surface area contributed by atoms with Gasteiger partial charge in [0.15, 0.2) is 0 Å². The summed E-state index contributed by atoms with van der Waals surface area (Å²) in [7, 11) is -0.348. The van der Waals surface area contributed by atoms with Crippen molar-refractivity contribution in [3.05, 3.63) is 29.8 Å². The number of aromatic hydroxyl groups is 1. The molecule has 1 heterocycles. The number of hydrogen-bond donors (Lipinski definition) is 2. The lowest BCUT2D eigenvalue weighted by Gasteiger charge is -2.21. The Morgan fingerprint density at radius 3 is 2.79 bits per heavy atom. The minimum atomic E-state index is -3.34. The van der Waals surface area contributed by atoms with E-state index in [0.29, 0.717) is 19.6 Å². The van der Waals surface area contributed by atoms with Gasteiger partial charge in [-0.25, -0.2) is 12.7 Å². The molecule has 0 aromatic heterocycles. The fraction of sp³-hybridized carbons (Fsp3) is 0.562. The molecule has 1 aliphatic rings. The third-order valence-electron chi connectivity index (χ3n) is 4.08. The summed E-state index contributed by atoms with van der Waals surface area (Å²) < 4.78 is 30.5. The number of nitrogens with zero attached hydrogens (tertiary/aromatic N) is 1. The fourth-order valence-electron chi connectivity index (χ4n) is 2.59. The molecule has 0 unspecified atom stereocenters. The molecule has 0 radical (unpaired) electrons. The second kappa shape index (κ2) is 7.96. The third kappa shape index (κ3) is 5.19. The van der Waals surface area contributed by atoms with Gasteiger partial charge < -0.3 is 15.2 Å². The predicted octanol–water partition coefficient (Wildman–Crippen LogP) is 0.347. The average Bonchev–Trinajstić information content (AvgIpc) is 2.91. The van der Waals surface area contributed by atoms with Gasteiger partial charge in [0.1, 0.15) is 5.75 Å². The Hall–Kier alpha value is -1.64. The lowest BCUT2D eigenvalue weighted by Crippen LogP contribution is -2.43. The Bertz CT molecular complexity index is 675. The monoisotopic (exact) mass is 356 g/mol. The minimum Gasteiger partial charge on any atom is -0.508 e. The Morgan fingerprint density at radius 2 is 2.12 bits per heavy atom. The van der Waals surface area contributed by atoms with Crippen LogP contribution < -0.4 is 5.32 Å². The zero-order valence-corrected chi connectivity index (χ0v) is 14.8. The topological polar surface area (TPSA) is 95.9 Å². The molecule has 0 saturated carbocycles. The minimum absolute atomic E-state index is 0.0441. The van der Waals surface area contributed by atoms with Gasteiger partial charge in [-0.05, 0) is 24.1 Å². The molecule has 1 aromatic carbocycles. The number of carbonyl (C=O) groups is 1. The summed E-state index contributed by atoms with van der Waals surface area (Å²) >= 11 is 0. The van der Waals surface area contributed by atoms with Crippen LogP contribution >= 0.6 is 0 Å². The van der Waals surface area contributed by atoms with Crippen molar-refractivity contribution in [1.82, 2.24) is 9.62 Å². The number of carbonyl (C=O) groups excluding carboxylic acids is 1. The molecule has 2 rings (SSSR count). The van der Waals surface area contributed by atoms with Crippen molar-refractivity contribution in [2.45, 2.75) is 18.9 Å². The van der Waals surface area contributed by atoms with E-state index < -0.39 is 10.0 Å². The highest BCUT2D eigenvalue weighted by Crippen LogP contribution is 2.18. The number of phenols is 1. The molecular formula is C16H24N2O5S. The van der Waals surface area contributed by atoms with Crippen LogP contribution in [0.3, 0.4) is 0 Å². The fourth-order valence-corrected chi connectivity index (χ4v) is 3.76. The van der Waals surface area contributed by atoms with Gasteiger partial charge in [0, 0.05) is 26.4 Å². The normalized spacial score (nSPS) is 21.1. The van der Waals surface area contributed by atoms with Crippen molar-refractivity contribution in [3.8, 4) is 5.75 Å². The van der Waals surface area contributed by atoms with Gasteiger partial charge in [0.2, 0.25) is 15.9 Å². The molecule has 1 aromatic rings. The summed E-state index contributed by atoms with van der Waals surface area (Å²) in [6.07, 6.45) is 0.779. The molecule has 0 bridgehead atoms. The number of aryl methyl sites for hydroxylation is 1. The molecule has 1 fully saturated rings. The number of amides is 1. The number of sulfonamides is 1. The van der Waals surface area contributed by atoms with Crippen LogP contribution in [0.4, 0.5) is 0 Å². The summed E-state index contributed by atoms with van der Waals surface area (Å²) in [6.45, 7) is 0.649. The van der Waals surface area contributed by atoms with Crippen molar-refractivity contribution < 1.29 is 23.1 Å². The predicted molar refractivity (Wildman–Crippen MR) is 90.1 cm³/mol. The highest BCUT2D eigenvalue weighted by atomic mass is 32.2. The number of nitrogens with one attached hydrogen (secondary N) is 1. The van der Waals surface area contributed by atoms with Crippen molar-refractivity contribution in [1.29, 1.82) is 0 Å². The van der Waals surface area contributed by atoms with Crippen LogP contribution in [0.25, 0.3) is 0 Å². The summed E-state index contributed by atoms with van der Waals surface area (Å²) in [5.41, 5.74) is 0.875. The van der Waals surface area contributed by atoms with Crippen molar-refractivity contribution in [2.75, 3.05) is 33.1 Å². The Balaban J connectivity index is 1.86. The van der Waals surface area contributed by atoms with E-state index in [1.54, 1.807) is 18.2 Å². The second-order valence-electron chi connectivity index (χ2n) is 6.20. The number of hydrogen-bond acceptors (Lipinski definition) is 5. The molecule has 0 spiro atoms. The van der Waals surface area contributed by atoms with Gasteiger partial charge in [-0.1, -0.05) is 12.1 Å². The van der Waals surface area contributed by atoms with E-state index in [2.05, 4.69) is 5.32 Å². The summed E-state index contributed by atoms with van der Waals surface area (Å²) in [5, 5.41) is 12.3. The number of benzene rings is 1. The molecule has 8 heteroatoms. The lowest BCUT2D eigenvalue weighted by molar-refractivity contribution is -0.122. The van der Waals surface area contributed by atoms with Crippen LogP contribution in [-0.2, 0) is 26.0 Å². The quantitative estimate of drug-likeness (QED) is 0.735. The van der Waals surface area contributed by atoms with E-state index in [4.69, 9.17) is 4.74 Å². The maximum Gasteiger partial charge on any atom is 0.220 e. The highest BCUT2D eigenvalue weighted by molar-refractivity contribution is 7.89. The number of ether oxygens (including phenoxy) is 1. The average molecular weight is 356 g/mol. The van der Waals surface area contributed by atoms with E-state index in [1.807, 2.05) is 6.07 Å². The van der Waals surface area contributed by atoms with Gasteiger partial charge in [0.25, 0.3) is 0 Å². The molecule has 1 saturated heterocycles. The summed E-state index contributed by atoms with van der Waals surface area (Å²) in [5.74, 6) is -0.272. The molecule has 7 nitrogen and oxygen atoms in total. The van der Waals surface area contributed by atoms with E-state index >= 15 is 0 Å². The standard InChI is InChI=1S/C16H24N2O5S/c1-18(2)24(21,22)11-13-9-23-10-15(13)17-16(20)7-6-12-4-3-5-14(19)8-12/h3-5,8,13,15,19H,6-7,9-11H2,1-2H3,(H,17,20)/t13-,15-/m0/s1. The van der Waals surface area contributed by atoms with Crippen molar-refractivity contribution >= 4 is 15.9 Å². The van der Waals surface area contributed by atoms with Gasteiger partial charge in [-0.3, -0.25) is 4.79 Å². The highest BCUT2D eigenvalue weighted by Gasteiger charge is 2.33. The van der Waals surface area contributed by atoms with E-state index in [9.17, 15) is 18.3 Å².